The van der Waals surface area contributed by atoms with Gasteiger partial charge in [0.25, 0.3) is 0 Å². The van der Waals surface area contributed by atoms with Crippen LogP contribution >= 0.6 is 0 Å². The Labute approximate surface area is 116 Å². The number of nitrogens with one attached hydrogen (secondary N) is 2. The van der Waals surface area contributed by atoms with Gasteiger partial charge in [-0.3, -0.25) is 0 Å². The van der Waals surface area contributed by atoms with E-state index in [0.717, 1.165) is 29.4 Å². The Morgan fingerprint density at radius 1 is 1.21 bits per heavy atom. The molecule has 0 saturated heterocycles. The van der Waals surface area contributed by atoms with Crippen LogP contribution in [0.4, 0.5) is 11.6 Å². The Kier molecular flexibility index (Phi) is 6.02. The van der Waals surface area contributed by atoms with Gasteiger partial charge in [0.15, 0.2) is 0 Å². The van der Waals surface area contributed by atoms with E-state index >= 15 is 0 Å². The van der Waals surface area contributed by atoms with Crippen LogP contribution in [-0.4, -0.2) is 36.8 Å². The van der Waals surface area contributed by atoms with Crippen LogP contribution in [0.25, 0.3) is 0 Å². The third-order valence-electron chi connectivity index (χ3n) is 3.22. The lowest BCUT2D eigenvalue weighted by atomic mass is 10.1. The molecule has 2 N–H and O–H groups in total. The lowest BCUT2D eigenvalue weighted by molar-refractivity contribution is 0.171. The molecule has 1 unspecified atom stereocenters. The molecular formula is C14H26N4O. The van der Waals surface area contributed by atoms with Crippen LogP contribution in [0.2, 0.25) is 0 Å². The maximum Gasteiger partial charge on any atom is 0.135 e. The number of rotatable bonds is 7. The molecular weight excluding hydrogens is 240 g/mol. The van der Waals surface area contributed by atoms with Crippen molar-refractivity contribution in [2.24, 2.45) is 5.92 Å². The van der Waals surface area contributed by atoms with Gasteiger partial charge in [0, 0.05) is 26.1 Å². The van der Waals surface area contributed by atoms with Gasteiger partial charge in [0.1, 0.15) is 17.5 Å². The summed E-state index contributed by atoms with van der Waals surface area (Å²) in [6, 6.07) is 0.244. The molecule has 0 bridgehead atoms. The van der Waals surface area contributed by atoms with Gasteiger partial charge in [-0.1, -0.05) is 20.8 Å². The second kappa shape index (κ2) is 7.28. The zero-order valence-electron chi connectivity index (χ0n) is 12.9. The van der Waals surface area contributed by atoms with Gasteiger partial charge in [-0.2, -0.15) is 0 Å². The van der Waals surface area contributed by atoms with Crippen LogP contribution < -0.4 is 10.6 Å². The summed E-state index contributed by atoms with van der Waals surface area (Å²) in [4.78, 5) is 9.06. The first-order chi connectivity index (χ1) is 9.03. The summed E-state index contributed by atoms with van der Waals surface area (Å²) in [5.41, 5.74) is 1.04. The van der Waals surface area contributed by atoms with Crippen LogP contribution in [0, 0.1) is 12.8 Å². The fourth-order valence-electron chi connectivity index (χ4n) is 1.86. The summed E-state index contributed by atoms with van der Waals surface area (Å²) < 4.78 is 5.27. The largest absolute Gasteiger partial charge is 0.383 e. The van der Waals surface area contributed by atoms with Gasteiger partial charge in [-0.25, -0.2) is 9.97 Å². The third kappa shape index (κ3) is 4.06. The summed E-state index contributed by atoms with van der Waals surface area (Å²) in [5, 5.41) is 6.60. The molecule has 0 fully saturated rings. The van der Waals surface area contributed by atoms with Crippen molar-refractivity contribution in [1.29, 1.82) is 0 Å². The van der Waals surface area contributed by atoms with Crippen LogP contribution in [0.3, 0.4) is 0 Å². The van der Waals surface area contributed by atoms with Crippen molar-refractivity contribution in [3.63, 3.8) is 0 Å². The first-order valence-electron chi connectivity index (χ1n) is 6.84. The quantitative estimate of drug-likeness (QED) is 0.794. The number of nitrogens with zero attached hydrogens (tertiary/aromatic N) is 2. The molecule has 0 aliphatic heterocycles. The van der Waals surface area contributed by atoms with E-state index in [1.807, 2.05) is 14.0 Å². The van der Waals surface area contributed by atoms with E-state index in [-0.39, 0.29) is 6.04 Å². The normalized spacial score (nSPS) is 12.6. The molecule has 0 aromatic carbocycles. The molecule has 0 amide bonds. The summed E-state index contributed by atoms with van der Waals surface area (Å²) in [7, 11) is 3.61. The van der Waals surface area contributed by atoms with Gasteiger partial charge in [0.05, 0.1) is 12.6 Å². The highest BCUT2D eigenvalue weighted by Gasteiger charge is 2.17. The number of ether oxygens (including phenoxy) is 1. The number of anilines is 2. The van der Waals surface area contributed by atoms with Crippen molar-refractivity contribution in [2.45, 2.75) is 40.2 Å². The molecule has 0 aliphatic rings. The fourth-order valence-corrected chi connectivity index (χ4v) is 1.86. The van der Waals surface area contributed by atoms with Crippen molar-refractivity contribution in [1.82, 2.24) is 9.97 Å². The predicted molar refractivity (Wildman–Crippen MR) is 79.8 cm³/mol. The number of aryl methyl sites for hydroxylation is 1. The molecule has 108 valence electrons. The fraction of sp³-hybridized carbons (Fsp3) is 0.714. The van der Waals surface area contributed by atoms with Gasteiger partial charge >= 0.3 is 0 Å². The van der Waals surface area contributed by atoms with E-state index in [9.17, 15) is 0 Å². The summed E-state index contributed by atoms with van der Waals surface area (Å²) in [6.45, 7) is 9.10. The van der Waals surface area contributed by atoms with E-state index in [1.54, 1.807) is 7.11 Å². The van der Waals surface area contributed by atoms with Gasteiger partial charge < -0.3 is 15.4 Å². The van der Waals surface area contributed by atoms with E-state index in [4.69, 9.17) is 4.74 Å². The minimum atomic E-state index is 0.244. The molecule has 1 aromatic rings. The molecule has 0 aliphatic carbocycles. The SMILES string of the molecule is CCc1nc(NC)c(C)c(NC(COC)C(C)C)n1. The molecule has 0 saturated carbocycles. The Morgan fingerprint density at radius 2 is 1.84 bits per heavy atom. The second-order valence-corrected chi connectivity index (χ2v) is 5.02. The van der Waals surface area contributed by atoms with E-state index < -0.39 is 0 Å². The van der Waals surface area contributed by atoms with Crippen molar-refractivity contribution >= 4 is 11.6 Å². The van der Waals surface area contributed by atoms with Crippen LogP contribution in [0.5, 0.6) is 0 Å². The molecule has 1 aromatic heterocycles. The zero-order valence-corrected chi connectivity index (χ0v) is 12.9. The smallest absolute Gasteiger partial charge is 0.135 e. The number of hydrogen-bond acceptors (Lipinski definition) is 5. The van der Waals surface area contributed by atoms with Crippen LogP contribution in [-0.2, 0) is 11.2 Å². The minimum absolute atomic E-state index is 0.244. The van der Waals surface area contributed by atoms with Crippen molar-refractivity contribution in [3.05, 3.63) is 11.4 Å². The highest BCUT2D eigenvalue weighted by atomic mass is 16.5. The zero-order chi connectivity index (χ0) is 14.4. The van der Waals surface area contributed by atoms with Crippen LogP contribution in [0.15, 0.2) is 0 Å². The highest BCUT2D eigenvalue weighted by molar-refractivity contribution is 5.57. The maximum atomic E-state index is 5.27. The summed E-state index contributed by atoms with van der Waals surface area (Å²) >= 11 is 0. The molecule has 1 atom stereocenters. The number of hydrogen-bond donors (Lipinski definition) is 2. The molecule has 19 heavy (non-hydrogen) atoms. The Hall–Kier alpha value is -1.36. The average molecular weight is 266 g/mol. The Balaban J connectivity index is 3.04. The molecule has 5 nitrogen and oxygen atoms in total. The van der Waals surface area contributed by atoms with E-state index in [1.165, 1.54) is 0 Å². The van der Waals surface area contributed by atoms with Gasteiger partial charge in [0.2, 0.25) is 0 Å². The number of aromatic nitrogens is 2. The van der Waals surface area contributed by atoms with Crippen LogP contribution in [0.1, 0.15) is 32.2 Å². The topological polar surface area (TPSA) is 59.1 Å². The highest BCUT2D eigenvalue weighted by Crippen LogP contribution is 2.21. The lowest BCUT2D eigenvalue weighted by Crippen LogP contribution is -2.31. The van der Waals surface area contributed by atoms with Crippen molar-refractivity contribution < 1.29 is 4.74 Å². The molecule has 0 radical (unpaired) electrons. The standard InChI is InChI=1S/C14H26N4O/c1-7-12-17-13(15-5)10(4)14(18-12)16-11(8-19-6)9(2)3/h9,11H,7-8H2,1-6H3,(H2,15,16,17,18). The first-order valence-corrected chi connectivity index (χ1v) is 6.84. The first kappa shape index (κ1) is 15.7. The average Bonchev–Trinajstić information content (AvgIpc) is 2.40. The lowest BCUT2D eigenvalue weighted by Gasteiger charge is -2.24. The second-order valence-electron chi connectivity index (χ2n) is 5.02. The predicted octanol–water partition coefficient (Wildman–Crippen LogP) is 2.47. The molecule has 5 heteroatoms. The van der Waals surface area contributed by atoms with E-state index in [2.05, 4.69) is 41.4 Å². The van der Waals surface area contributed by atoms with Gasteiger partial charge in [-0.05, 0) is 12.8 Å². The van der Waals surface area contributed by atoms with Crippen molar-refractivity contribution in [3.8, 4) is 0 Å². The molecule has 1 heterocycles. The third-order valence-corrected chi connectivity index (χ3v) is 3.22. The maximum absolute atomic E-state index is 5.27. The Morgan fingerprint density at radius 3 is 2.32 bits per heavy atom. The summed E-state index contributed by atoms with van der Waals surface area (Å²) in [6.07, 6.45) is 0.820. The minimum Gasteiger partial charge on any atom is -0.383 e. The summed E-state index contributed by atoms with van der Waals surface area (Å²) in [5.74, 6) is 3.09. The molecule has 1 rings (SSSR count). The van der Waals surface area contributed by atoms with Crippen molar-refractivity contribution in [2.75, 3.05) is 31.4 Å². The van der Waals surface area contributed by atoms with Gasteiger partial charge in [-0.15, -0.1) is 0 Å². The monoisotopic (exact) mass is 266 g/mol. The molecule has 0 spiro atoms. The van der Waals surface area contributed by atoms with E-state index in [0.29, 0.717) is 12.5 Å². The Bertz CT molecular complexity index is 407. The number of methoxy groups -OCH3 is 1.